The Morgan fingerprint density at radius 2 is 1.91 bits per heavy atom. The molecule has 4 aromatic rings. The topological polar surface area (TPSA) is 102 Å². The van der Waals surface area contributed by atoms with Gasteiger partial charge in [0.15, 0.2) is 5.82 Å². The smallest absolute Gasteiger partial charge is 0.238 e. The summed E-state index contributed by atoms with van der Waals surface area (Å²) in [5.74, 6) is 0.811. The Morgan fingerprint density at radius 3 is 2.63 bits per heavy atom. The Bertz CT molecular complexity index is 1270. The van der Waals surface area contributed by atoms with Crippen molar-refractivity contribution in [2.45, 2.75) is 32.2 Å². The normalized spacial score (nSPS) is 11.7. The minimum absolute atomic E-state index is 0.128. The molecule has 0 saturated heterocycles. The summed E-state index contributed by atoms with van der Waals surface area (Å²) in [7, 11) is 0. The van der Waals surface area contributed by atoms with Crippen molar-refractivity contribution < 1.29 is 14.1 Å². The number of benzene rings is 2. The van der Waals surface area contributed by atoms with Crippen molar-refractivity contribution in [2.24, 2.45) is 0 Å². The SMILES string of the molecule is Cc1cc(NC(=O)C(C)SCC(=O)NCc2ccccc2-c2ccc(Cn3cccn3)cc2)no1. The molecular formula is C26H27N5O3S. The van der Waals surface area contributed by atoms with E-state index < -0.39 is 5.25 Å². The first-order chi connectivity index (χ1) is 17.0. The second-order valence-corrected chi connectivity index (χ2v) is 9.43. The monoisotopic (exact) mass is 489 g/mol. The number of hydrogen-bond donors (Lipinski definition) is 2. The van der Waals surface area contributed by atoms with Crippen LogP contribution in [0.2, 0.25) is 0 Å². The molecule has 0 fully saturated rings. The molecule has 4 rings (SSSR count). The number of aromatic nitrogens is 3. The van der Waals surface area contributed by atoms with Gasteiger partial charge in [-0.05, 0) is 42.2 Å². The van der Waals surface area contributed by atoms with Crippen LogP contribution in [0.1, 0.15) is 23.8 Å². The number of amides is 2. The zero-order valence-electron chi connectivity index (χ0n) is 19.6. The second kappa shape index (κ2) is 11.5. The summed E-state index contributed by atoms with van der Waals surface area (Å²) in [6.07, 6.45) is 3.71. The quantitative estimate of drug-likeness (QED) is 0.345. The molecule has 0 bridgehead atoms. The first-order valence-electron chi connectivity index (χ1n) is 11.2. The van der Waals surface area contributed by atoms with Crippen molar-refractivity contribution in [3.8, 4) is 11.1 Å². The van der Waals surface area contributed by atoms with Crippen LogP contribution in [0.4, 0.5) is 5.82 Å². The molecule has 0 aliphatic carbocycles. The van der Waals surface area contributed by atoms with Gasteiger partial charge in [0.2, 0.25) is 11.8 Å². The summed E-state index contributed by atoms with van der Waals surface area (Å²) < 4.78 is 6.83. The third kappa shape index (κ3) is 6.83. The summed E-state index contributed by atoms with van der Waals surface area (Å²) in [5, 5.41) is 13.2. The molecule has 2 aromatic heterocycles. The molecule has 0 aliphatic heterocycles. The Balaban J connectivity index is 1.29. The molecule has 8 nitrogen and oxygen atoms in total. The molecule has 0 aliphatic rings. The highest BCUT2D eigenvalue weighted by molar-refractivity contribution is 8.01. The lowest BCUT2D eigenvalue weighted by molar-refractivity contribution is -0.118. The van der Waals surface area contributed by atoms with Crippen molar-refractivity contribution in [2.75, 3.05) is 11.1 Å². The number of hydrogen-bond acceptors (Lipinski definition) is 6. The van der Waals surface area contributed by atoms with Gasteiger partial charge in [-0.25, -0.2) is 0 Å². The van der Waals surface area contributed by atoms with E-state index in [-0.39, 0.29) is 17.6 Å². The third-order valence-electron chi connectivity index (χ3n) is 5.37. The molecule has 1 atom stereocenters. The number of nitrogens with one attached hydrogen (secondary N) is 2. The summed E-state index contributed by atoms with van der Waals surface area (Å²) in [6.45, 7) is 4.63. The number of aryl methyl sites for hydroxylation is 1. The molecule has 35 heavy (non-hydrogen) atoms. The van der Waals surface area contributed by atoms with E-state index in [2.05, 4.69) is 51.2 Å². The van der Waals surface area contributed by atoms with Crippen LogP contribution < -0.4 is 10.6 Å². The van der Waals surface area contributed by atoms with Crippen LogP contribution in [0.3, 0.4) is 0 Å². The average Bonchev–Trinajstić information content (AvgIpc) is 3.53. The maximum absolute atomic E-state index is 12.4. The summed E-state index contributed by atoms with van der Waals surface area (Å²) >= 11 is 1.27. The van der Waals surface area contributed by atoms with Gasteiger partial charge in [-0.3, -0.25) is 14.3 Å². The van der Waals surface area contributed by atoms with Gasteiger partial charge in [0, 0.05) is 25.0 Å². The van der Waals surface area contributed by atoms with Gasteiger partial charge in [-0.2, -0.15) is 5.10 Å². The van der Waals surface area contributed by atoms with Crippen LogP contribution in [0.15, 0.2) is 77.6 Å². The highest BCUT2D eigenvalue weighted by atomic mass is 32.2. The third-order valence-corrected chi connectivity index (χ3v) is 6.52. The van der Waals surface area contributed by atoms with E-state index in [0.717, 1.165) is 28.8 Å². The van der Waals surface area contributed by atoms with Crippen LogP contribution >= 0.6 is 11.8 Å². The van der Waals surface area contributed by atoms with E-state index in [0.29, 0.717) is 18.1 Å². The zero-order chi connectivity index (χ0) is 24.6. The van der Waals surface area contributed by atoms with Crippen molar-refractivity contribution in [1.29, 1.82) is 0 Å². The molecule has 2 aromatic carbocycles. The minimum atomic E-state index is -0.412. The Morgan fingerprint density at radius 1 is 1.11 bits per heavy atom. The van der Waals surface area contributed by atoms with Gasteiger partial charge in [-0.15, -0.1) is 11.8 Å². The Hall–Kier alpha value is -3.85. The molecule has 9 heteroatoms. The fourth-order valence-electron chi connectivity index (χ4n) is 3.50. The van der Waals surface area contributed by atoms with E-state index in [4.69, 9.17) is 4.52 Å². The minimum Gasteiger partial charge on any atom is -0.360 e. The number of thioether (sulfide) groups is 1. The molecule has 1 unspecified atom stereocenters. The number of carbonyl (C=O) groups excluding carboxylic acids is 2. The first kappa shape index (κ1) is 24.3. The number of rotatable bonds is 10. The van der Waals surface area contributed by atoms with Crippen LogP contribution in [-0.4, -0.2) is 37.8 Å². The highest BCUT2D eigenvalue weighted by Crippen LogP contribution is 2.24. The molecule has 180 valence electrons. The van der Waals surface area contributed by atoms with Crippen LogP contribution in [0, 0.1) is 6.92 Å². The maximum atomic E-state index is 12.4. The molecule has 0 spiro atoms. The summed E-state index contributed by atoms with van der Waals surface area (Å²) in [6, 6.07) is 19.9. The van der Waals surface area contributed by atoms with Crippen LogP contribution in [-0.2, 0) is 22.7 Å². The largest absolute Gasteiger partial charge is 0.360 e. The number of carbonyl (C=O) groups is 2. The summed E-state index contributed by atoms with van der Waals surface area (Å²) in [4.78, 5) is 24.7. The van der Waals surface area contributed by atoms with Gasteiger partial charge in [0.25, 0.3) is 0 Å². The molecule has 2 amide bonds. The van der Waals surface area contributed by atoms with Crippen molar-refractivity contribution in [3.63, 3.8) is 0 Å². The molecule has 2 heterocycles. The fraction of sp³-hybridized carbons (Fsp3) is 0.231. The fourth-order valence-corrected chi connectivity index (χ4v) is 4.21. The van der Waals surface area contributed by atoms with Gasteiger partial charge in [0.1, 0.15) is 5.76 Å². The predicted molar refractivity (Wildman–Crippen MR) is 137 cm³/mol. The Kier molecular flexibility index (Phi) is 7.99. The van der Waals surface area contributed by atoms with E-state index >= 15 is 0 Å². The van der Waals surface area contributed by atoms with Crippen LogP contribution in [0.5, 0.6) is 0 Å². The number of nitrogens with zero attached hydrogens (tertiary/aromatic N) is 3. The second-order valence-electron chi connectivity index (χ2n) is 8.10. The summed E-state index contributed by atoms with van der Waals surface area (Å²) in [5.41, 5.74) is 4.35. The van der Waals surface area contributed by atoms with Gasteiger partial charge in [0.05, 0.1) is 17.5 Å². The first-order valence-corrected chi connectivity index (χ1v) is 12.3. The van der Waals surface area contributed by atoms with E-state index in [9.17, 15) is 9.59 Å². The molecule has 0 saturated carbocycles. The molecule has 0 radical (unpaired) electrons. The van der Waals surface area contributed by atoms with Gasteiger partial charge < -0.3 is 15.2 Å². The lowest BCUT2D eigenvalue weighted by atomic mass is 9.98. The van der Waals surface area contributed by atoms with Crippen molar-refractivity contribution in [3.05, 3.63) is 89.9 Å². The van der Waals surface area contributed by atoms with Crippen molar-refractivity contribution in [1.82, 2.24) is 20.3 Å². The predicted octanol–water partition coefficient (Wildman–Crippen LogP) is 4.27. The molecular weight excluding hydrogens is 462 g/mol. The van der Waals surface area contributed by atoms with Gasteiger partial charge in [-0.1, -0.05) is 53.7 Å². The molecule has 2 N–H and O–H groups in total. The number of anilines is 1. The van der Waals surface area contributed by atoms with E-state index in [1.165, 1.54) is 11.8 Å². The Labute approximate surface area is 208 Å². The van der Waals surface area contributed by atoms with Crippen molar-refractivity contribution >= 4 is 29.4 Å². The van der Waals surface area contributed by atoms with Crippen LogP contribution in [0.25, 0.3) is 11.1 Å². The van der Waals surface area contributed by atoms with E-state index in [1.54, 1.807) is 26.1 Å². The lowest BCUT2D eigenvalue weighted by Crippen LogP contribution is -2.28. The zero-order valence-corrected chi connectivity index (χ0v) is 20.4. The van der Waals surface area contributed by atoms with Gasteiger partial charge >= 0.3 is 0 Å². The standard InChI is InChI=1S/C26H27N5O3S/c1-18-14-24(30-34-18)29-26(33)19(2)35-17-25(32)27-15-22-6-3-4-7-23(22)21-10-8-20(9-11-21)16-31-13-5-12-28-31/h3-14,19H,15-17H2,1-2H3,(H,27,32)(H,29,30,33). The lowest BCUT2D eigenvalue weighted by Gasteiger charge is -2.13. The van der Waals surface area contributed by atoms with E-state index in [1.807, 2.05) is 35.1 Å². The average molecular weight is 490 g/mol. The maximum Gasteiger partial charge on any atom is 0.238 e. The highest BCUT2D eigenvalue weighted by Gasteiger charge is 2.17.